The summed E-state index contributed by atoms with van der Waals surface area (Å²) in [6.07, 6.45) is 4.88. The number of morpholine rings is 1. The van der Waals surface area contributed by atoms with Gasteiger partial charge in [-0.3, -0.25) is 4.79 Å². The van der Waals surface area contributed by atoms with Crippen molar-refractivity contribution in [2.24, 2.45) is 0 Å². The molecule has 0 bridgehead atoms. The first-order valence-electron chi connectivity index (χ1n) is 7.54. The number of nitrogens with one attached hydrogen (secondary N) is 1. The van der Waals surface area contributed by atoms with Gasteiger partial charge in [-0.2, -0.15) is 0 Å². The van der Waals surface area contributed by atoms with Crippen molar-refractivity contribution in [1.82, 2.24) is 4.90 Å². The smallest absolute Gasteiger partial charge is 0.242 e. The Balaban J connectivity index is 1.58. The van der Waals surface area contributed by atoms with Gasteiger partial charge in [-0.15, -0.1) is 0 Å². The summed E-state index contributed by atoms with van der Waals surface area (Å²) in [6.45, 7) is 1.78. The summed E-state index contributed by atoms with van der Waals surface area (Å²) >= 11 is 0. The molecule has 3 rings (SSSR count). The minimum absolute atomic E-state index is 0.189. The van der Waals surface area contributed by atoms with E-state index in [1.54, 1.807) is 0 Å². The zero-order valence-electron chi connectivity index (χ0n) is 11.8. The molecule has 0 spiro atoms. The molecular weight excluding hydrogens is 252 g/mol. The van der Waals surface area contributed by atoms with E-state index in [4.69, 9.17) is 4.74 Å². The van der Waals surface area contributed by atoms with Crippen LogP contribution in [-0.4, -0.2) is 42.6 Å². The Bertz CT molecular complexity index is 447. The molecule has 1 amide bonds. The molecule has 0 aromatic heterocycles. The zero-order valence-corrected chi connectivity index (χ0v) is 11.8. The van der Waals surface area contributed by atoms with Gasteiger partial charge < -0.3 is 15.0 Å². The van der Waals surface area contributed by atoms with Gasteiger partial charge >= 0.3 is 0 Å². The number of carbonyl (C=O) groups is 1. The molecule has 1 saturated heterocycles. The maximum absolute atomic E-state index is 12.4. The molecule has 1 aromatic rings. The average molecular weight is 274 g/mol. The highest BCUT2D eigenvalue weighted by Gasteiger charge is 2.36. The Morgan fingerprint density at radius 2 is 2.05 bits per heavy atom. The topological polar surface area (TPSA) is 41.6 Å². The third kappa shape index (κ3) is 2.96. The maximum Gasteiger partial charge on any atom is 0.242 e. The Kier molecular flexibility index (Phi) is 4.21. The van der Waals surface area contributed by atoms with E-state index in [0.717, 1.165) is 25.1 Å². The molecule has 2 fully saturated rings. The predicted molar refractivity (Wildman–Crippen MR) is 78.6 cm³/mol. The zero-order chi connectivity index (χ0) is 13.8. The number of amides is 1. The van der Waals surface area contributed by atoms with E-state index in [9.17, 15) is 4.79 Å². The molecule has 1 saturated carbocycles. The van der Waals surface area contributed by atoms with Crippen LogP contribution < -0.4 is 5.32 Å². The summed E-state index contributed by atoms with van der Waals surface area (Å²) in [5, 5.41) is 3.21. The Labute approximate surface area is 120 Å². The van der Waals surface area contributed by atoms with E-state index in [1.165, 1.54) is 12.8 Å². The van der Waals surface area contributed by atoms with Crippen molar-refractivity contribution in [1.29, 1.82) is 0 Å². The number of hydrogen-bond donors (Lipinski definition) is 1. The van der Waals surface area contributed by atoms with Crippen LogP contribution in [0.4, 0.5) is 5.69 Å². The lowest BCUT2D eigenvalue weighted by molar-refractivity contribution is -0.147. The van der Waals surface area contributed by atoms with Gasteiger partial charge in [0.1, 0.15) is 0 Å². The van der Waals surface area contributed by atoms with Crippen LogP contribution in [0.15, 0.2) is 30.3 Å². The first-order chi connectivity index (χ1) is 9.84. The van der Waals surface area contributed by atoms with Gasteiger partial charge in [0.15, 0.2) is 0 Å². The maximum atomic E-state index is 12.4. The SMILES string of the molecule is O=C(CNc1ccccc1)N1CCOC2CCCCC21. The second-order valence-corrected chi connectivity index (χ2v) is 5.57. The number of anilines is 1. The minimum Gasteiger partial charge on any atom is -0.376 e. The summed E-state index contributed by atoms with van der Waals surface area (Å²) < 4.78 is 5.81. The van der Waals surface area contributed by atoms with Gasteiger partial charge in [-0.1, -0.05) is 31.0 Å². The Morgan fingerprint density at radius 3 is 2.90 bits per heavy atom. The summed E-state index contributed by atoms with van der Waals surface area (Å²) in [5.41, 5.74) is 0.995. The highest BCUT2D eigenvalue weighted by Crippen LogP contribution is 2.28. The fourth-order valence-corrected chi connectivity index (χ4v) is 3.24. The number of ether oxygens (including phenoxy) is 1. The van der Waals surface area contributed by atoms with Crippen LogP contribution >= 0.6 is 0 Å². The van der Waals surface area contributed by atoms with Crippen LogP contribution in [0.2, 0.25) is 0 Å². The highest BCUT2D eigenvalue weighted by molar-refractivity contribution is 5.81. The van der Waals surface area contributed by atoms with E-state index in [-0.39, 0.29) is 12.0 Å². The molecule has 1 aliphatic carbocycles. The second kappa shape index (κ2) is 6.27. The molecule has 0 radical (unpaired) electrons. The first kappa shape index (κ1) is 13.4. The molecule has 1 aliphatic heterocycles. The molecule has 1 aromatic carbocycles. The largest absolute Gasteiger partial charge is 0.376 e. The molecule has 108 valence electrons. The van der Waals surface area contributed by atoms with Gasteiger partial charge in [-0.05, 0) is 25.0 Å². The summed E-state index contributed by atoms with van der Waals surface area (Å²) in [5.74, 6) is 0.189. The molecule has 2 unspecified atom stereocenters. The van der Waals surface area contributed by atoms with Crippen LogP contribution in [0.5, 0.6) is 0 Å². The number of para-hydroxylation sites is 1. The van der Waals surface area contributed by atoms with Crippen molar-refractivity contribution in [2.75, 3.05) is 25.0 Å². The van der Waals surface area contributed by atoms with Gasteiger partial charge in [0.25, 0.3) is 0 Å². The molecule has 2 aliphatic rings. The van der Waals surface area contributed by atoms with Gasteiger partial charge in [-0.25, -0.2) is 0 Å². The molecule has 1 N–H and O–H groups in total. The lowest BCUT2D eigenvalue weighted by Crippen LogP contribution is -2.56. The molecule has 1 heterocycles. The fraction of sp³-hybridized carbons (Fsp3) is 0.562. The third-order valence-electron chi connectivity index (χ3n) is 4.27. The van der Waals surface area contributed by atoms with Crippen LogP contribution in [0.3, 0.4) is 0 Å². The van der Waals surface area contributed by atoms with Crippen molar-refractivity contribution in [3.8, 4) is 0 Å². The fourth-order valence-electron chi connectivity index (χ4n) is 3.24. The van der Waals surface area contributed by atoms with Crippen LogP contribution in [0.25, 0.3) is 0 Å². The lowest BCUT2D eigenvalue weighted by atomic mass is 9.90. The van der Waals surface area contributed by atoms with E-state index < -0.39 is 0 Å². The van der Waals surface area contributed by atoms with E-state index in [0.29, 0.717) is 19.2 Å². The highest BCUT2D eigenvalue weighted by atomic mass is 16.5. The molecule has 2 atom stereocenters. The number of fused-ring (bicyclic) bond motifs is 1. The van der Waals surface area contributed by atoms with E-state index in [1.807, 2.05) is 35.2 Å². The first-order valence-corrected chi connectivity index (χ1v) is 7.54. The van der Waals surface area contributed by atoms with Crippen molar-refractivity contribution in [3.63, 3.8) is 0 Å². The van der Waals surface area contributed by atoms with Gasteiger partial charge in [0, 0.05) is 12.2 Å². The Hall–Kier alpha value is -1.55. The van der Waals surface area contributed by atoms with Gasteiger partial charge in [0.05, 0.1) is 25.3 Å². The Morgan fingerprint density at radius 1 is 1.25 bits per heavy atom. The van der Waals surface area contributed by atoms with E-state index >= 15 is 0 Å². The van der Waals surface area contributed by atoms with Crippen molar-refractivity contribution in [2.45, 2.75) is 37.8 Å². The van der Waals surface area contributed by atoms with E-state index in [2.05, 4.69) is 5.32 Å². The third-order valence-corrected chi connectivity index (χ3v) is 4.27. The number of rotatable bonds is 3. The minimum atomic E-state index is 0.189. The van der Waals surface area contributed by atoms with Crippen molar-refractivity contribution in [3.05, 3.63) is 30.3 Å². The number of benzene rings is 1. The van der Waals surface area contributed by atoms with Crippen molar-refractivity contribution < 1.29 is 9.53 Å². The quantitative estimate of drug-likeness (QED) is 0.919. The number of hydrogen-bond acceptors (Lipinski definition) is 3. The van der Waals surface area contributed by atoms with Crippen LogP contribution in [-0.2, 0) is 9.53 Å². The second-order valence-electron chi connectivity index (χ2n) is 5.57. The van der Waals surface area contributed by atoms with Gasteiger partial charge in [0.2, 0.25) is 5.91 Å². The standard InChI is InChI=1S/C16H22N2O2/c19-16(12-17-13-6-2-1-3-7-13)18-10-11-20-15-9-5-4-8-14(15)18/h1-3,6-7,14-15,17H,4-5,8-12H2. The van der Waals surface area contributed by atoms with Crippen LogP contribution in [0, 0.1) is 0 Å². The number of nitrogens with zero attached hydrogens (tertiary/aromatic N) is 1. The number of carbonyl (C=O) groups excluding carboxylic acids is 1. The molecular formula is C16H22N2O2. The summed E-state index contributed by atoms with van der Waals surface area (Å²) in [4.78, 5) is 14.5. The monoisotopic (exact) mass is 274 g/mol. The molecule has 20 heavy (non-hydrogen) atoms. The average Bonchev–Trinajstić information content (AvgIpc) is 2.53. The summed E-state index contributed by atoms with van der Waals surface area (Å²) in [7, 11) is 0. The molecule has 4 nitrogen and oxygen atoms in total. The molecule has 4 heteroatoms. The lowest BCUT2D eigenvalue weighted by Gasteiger charge is -2.43. The van der Waals surface area contributed by atoms with Crippen molar-refractivity contribution >= 4 is 11.6 Å². The normalized spacial score (nSPS) is 25.9. The predicted octanol–water partition coefficient (Wildman–Crippen LogP) is 2.27. The summed E-state index contributed by atoms with van der Waals surface area (Å²) in [6, 6.07) is 10.2. The van der Waals surface area contributed by atoms with Crippen LogP contribution in [0.1, 0.15) is 25.7 Å².